The van der Waals surface area contributed by atoms with Crippen LogP contribution < -0.4 is 4.89 Å². The molecule has 0 fully saturated rings. The third-order valence-electron chi connectivity index (χ3n) is 16.8. The number of phosphoric acid groups is 1. The van der Waals surface area contributed by atoms with E-state index in [2.05, 4.69) is 123 Å². The highest BCUT2D eigenvalue weighted by atomic mass is 31.2. The zero-order chi connectivity index (χ0) is 66.9. The van der Waals surface area contributed by atoms with Crippen LogP contribution in [0.4, 0.5) is 0 Å². The van der Waals surface area contributed by atoms with E-state index in [4.69, 9.17) is 18.5 Å². The Labute approximate surface area is 569 Å². The largest absolute Gasteiger partial charge is 0.756 e. The quantitative estimate of drug-likeness (QED) is 0.0195. The van der Waals surface area contributed by atoms with Crippen molar-refractivity contribution in [1.29, 1.82) is 0 Å². The molecule has 0 heterocycles. The Morgan fingerprint density at radius 2 is 0.587 bits per heavy atom. The Morgan fingerprint density at radius 3 is 0.870 bits per heavy atom. The minimum Gasteiger partial charge on any atom is -0.756 e. The van der Waals surface area contributed by atoms with E-state index in [9.17, 15) is 19.0 Å². The lowest BCUT2D eigenvalue weighted by molar-refractivity contribution is -0.870. The fraction of sp³-hybridized carbons (Fsp3) is 0.756. The molecule has 0 aliphatic rings. The van der Waals surface area contributed by atoms with Crippen LogP contribution in [-0.4, -0.2) is 70.0 Å². The van der Waals surface area contributed by atoms with E-state index in [-0.39, 0.29) is 32.0 Å². The molecule has 0 aromatic carbocycles. The van der Waals surface area contributed by atoms with Crippen LogP contribution in [0, 0.1) is 0 Å². The minimum absolute atomic E-state index is 0.0315. The Hall–Kier alpha value is -3.33. The molecule has 2 atom stereocenters. The highest BCUT2D eigenvalue weighted by Gasteiger charge is 2.22. The molecular weight excluding hydrogens is 1160 g/mol. The Kier molecular flexibility index (Phi) is 69.3. The first-order valence-electron chi connectivity index (χ1n) is 38.6. The van der Waals surface area contributed by atoms with E-state index in [1.807, 2.05) is 21.1 Å². The molecule has 9 nitrogen and oxygen atoms in total. The molecule has 0 radical (unpaired) electrons. The molecular formula is C82H146NO8P. The van der Waals surface area contributed by atoms with Gasteiger partial charge in [0.25, 0.3) is 7.82 Å². The lowest BCUT2D eigenvalue weighted by Crippen LogP contribution is -2.37. The second-order valence-electron chi connectivity index (χ2n) is 27.0. The summed E-state index contributed by atoms with van der Waals surface area (Å²) in [5, 5.41) is 0. The number of allylic oxidation sites excluding steroid dienone is 18. The molecule has 0 saturated heterocycles. The lowest BCUT2D eigenvalue weighted by atomic mass is 10.0. The zero-order valence-electron chi connectivity index (χ0n) is 60.7. The van der Waals surface area contributed by atoms with Gasteiger partial charge in [-0.25, -0.2) is 0 Å². The summed E-state index contributed by atoms with van der Waals surface area (Å²) in [5.74, 6) is -0.818. The van der Waals surface area contributed by atoms with Gasteiger partial charge in [0.15, 0.2) is 6.10 Å². The first kappa shape index (κ1) is 88.7. The van der Waals surface area contributed by atoms with Crippen molar-refractivity contribution in [2.45, 2.75) is 354 Å². The number of likely N-dealkylation sites (N-methyl/N-ethyl adjacent to an activating group) is 1. The van der Waals surface area contributed by atoms with Crippen molar-refractivity contribution in [3.8, 4) is 0 Å². The number of ether oxygens (including phenoxy) is 2. The molecule has 0 saturated carbocycles. The molecule has 2 unspecified atom stereocenters. The summed E-state index contributed by atoms with van der Waals surface area (Å²) in [7, 11) is 1.18. The summed E-state index contributed by atoms with van der Waals surface area (Å²) < 4.78 is 34.4. The molecule has 532 valence electrons. The van der Waals surface area contributed by atoms with Gasteiger partial charge in [-0.2, -0.15) is 0 Å². The molecule has 0 spiro atoms. The molecule has 0 bridgehead atoms. The van der Waals surface area contributed by atoms with Gasteiger partial charge in [-0.1, -0.05) is 348 Å². The van der Waals surface area contributed by atoms with Gasteiger partial charge in [0.2, 0.25) is 0 Å². The number of nitrogens with zero attached hydrogens (tertiary/aromatic N) is 1. The fourth-order valence-electron chi connectivity index (χ4n) is 11.0. The summed E-state index contributed by atoms with van der Waals surface area (Å²) in [5.41, 5.74) is 0. The predicted molar refractivity (Wildman–Crippen MR) is 397 cm³/mol. The van der Waals surface area contributed by atoms with Crippen LogP contribution >= 0.6 is 7.82 Å². The highest BCUT2D eigenvalue weighted by Crippen LogP contribution is 2.38. The van der Waals surface area contributed by atoms with Crippen LogP contribution in [0.15, 0.2) is 109 Å². The fourth-order valence-corrected chi connectivity index (χ4v) is 11.7. The second kappa shape index (κ2) is 72.0. The summed E-state index contributed by atoms with van der Waals surface area (Å²) in [6.07, 6.45) is 102. The summed E-state index contributed by atoms with van der Waals surface area (Å²) >= 11 is 0. The van der Waals surface area contributed by atoms with Crippen LogP contribution in [-0.2, 0) is 32.7 Å². The van der Waals surface area contributed by atoms with Gasteiger partial charge in [-0.05, 0) is 96.3 Å². The van der Waals surface area contributed by atoms with Crippen LogP contribution in [0.25, 0.3) is 0 Å². The molecule has 0 aromatic heterocycles. The number of unbranched alkanes of at least 4 members (excludes halogenated alkanes) is 39. The second-order valence-corrected chi connectivity index (χ2v) is 28.4. The van der Waals surface area contributed by atoms with E-state index < -0.39 is 26.5 Å². The molecule has 0 aliphatic heterocycles. The smallest absolute Gasteiger partial charge is 0.306 e. The number of hydrogen-bond donors (Lipinski definition) is 0. The molecule has 10 heteroatoms. The van der Waals surface area contributed by atoms with E-state index in [1.54, 1.807) is 0 Å². The van der Waals surface area contributed by atoms with Crippen LogP contribution in [0.1, 0.15) is 348 Å². The molecule has 0 N–H and O–H groups in total. The highest BCUT2D eigenvalue weighted by molar-refractivity contribution is 7.45. The maximum atomic E-state index is 12.9. The first-order chi connectivity index (χ1) is 45.0. The van der Waals surface area contributed by atoms with Crippen molar-refractivity contribution < 1.29 is 42.1 Å². The summed E-state index contributed by atoms with van der Waals surface area (Å²) in [4.78, 5) is 38.2. The van der Waals surface area contributed by atoms with E-state index in [1.165, 1.54) is 218 Å². The SMILES string of the molecule is CC/C=C\C/C=C\C/C=C\C/C=C\C/C=C\CCCCCCCCCCCCCCCCCCCCCC(=O)OC(COC(=O)CCCCCCCCCCCCCCCCCCCCCC/C=C\C/C=C\C/C=C\C/C=C\CC)COP(=O)([O-])OCC[N+](C)(C)C. The van der Waals surface area contributed by atoms with Gasteiger partial charge in [0.1, 0.15) is 19.8 Å². The van der Waals surface area contributed by atoms with E-state index >= 15 is 0 Å². The zero-order valence-corrected chi connectivity index (χ0v) is 61.6. The van der Waals surface area contributed by atoms with Crippen LogP contribution in [0.3, 0.4) is 0 Å². The number of rotatable bonds is 71. The number of carbonyl (C=O) groups excluding carboxylic acids is 2. The number of quaternary nitrogens is 1. The van der Waals surface area contributed by atoms with E-state index in [0.717, 1.165) is 96.3 Å². The normalized spacial score (nSPS) is 13.7. The van der Waals surface area contributed by atoms with Crippen molar-refractivity contribution in [2.75, 3.05) is 47.5 Å². The number of phosphoric ester groups is 1. The Bertz CT molecular complexity index is 1920. The molecule has 0 amide bonds. The average molecular weight is 1310 g/mol. The van der Waals surface area contributed by atoms with Crippen molar-refractivity contribution in [3.05, 3.63) is 109 Å². The first-order valence-corrected chi connectivity index (χ1v) is 40.1. The minimum atomic E-state index is -4.65. The lowest BCUT2D eigenvalue weighted by Gasteiger charge is -2.28. The van der Waals surface area contributed by atoms with Crippen molar-refractivity contribution >= 4 is 19.8 Å². The standard InChI is InChI=1S/C82H146NO8P/c1-6-8-10-12-14-16-18-20-22-24-26-28-30-32-34-36-38-40-41-43-45-47-49-51-53-55-57-59-61-63-65-67-69-71-73-75-82(85)91-80(79-90-92(86,87)89-77-76-83(3,4)5)78-88-81(84)74-72-70-68-66-64-62-60-58-56-54-52-50-48-46-44-42-39-37-35-33-31-29-27-25-23-21-19-17-15-13-11-9-7-2/h8-11,14-17,20-23,26-29,32,34,80H,6-7,12-13,18-19,24-25,30-31,33,35-79H2,1-5H3/b10-8-,11-9-,16-14-,17-15-,22-20-,23-21-,28-26-,29-27-,34-32-. The van der Waals surface area contributed by atoms with E-state index in [0.29, 0.717) is 17.4 Å². The molecule has 0 aliphatic carbocycles. The van der Waals surface area contributed by atoms with Crippen LogP contribution in [0.2, 0.25) is 0 Å². The summed E-state index contributed by atoms with van der Waals surface area (Å²) in [6, 6.07) is 0. The Morgan fingerprint density at radius 1 is 0.337 bits per heavy atom. The Balaban J connectivity index is 3.96. The number of esters is 2. The van der Waals surface area contributed by atoms with Crippen molar-refractivity contribution in [2.24, 2.45) is 0 Å². The van der Waals surface area contributed by atoms with Gasteiger partial charge in [0, 0.05) is 12.8 Å². The number of hydrogen-bond acceptors (Lipinski definition) is 8. The average Bonchev–Trinajstić information content (AvgIpc) is 2.14. The topological polar surface area (TPSA) is 111 Å². The molecule has 92 heavy (non-hydrogen) atoms. The maximum absolute atomic E-state index is 12.9. The third-order valence-corrected chi connectivity index (χ3v) is 17.8. The van der Waals surface area contributed by atoms with Gasteiger partial charge in [-0.3, -0.25) is 14.2 Å². The van der Waals surface area contributed by atoms with Gasteiger partial charge >= 0.3 is 11.9 Å². The third kappa shape index (κ3) is 75.7. The summed E-state index contributed by atoms with van der Waals surface area (Å²) in [6.45, 7) is 4.06. The van der Waals surface area contributed by atoms with Gasteiger partial charge in [-0.15, -0.1) is 0 Å². The van der Waals surface area contributed by atoms with Crippen molar-refractivity contribution in [3.63, 3.8) is 0 Å². The van der Waals surface area contributed by atoms with Crippen molar-refractivity contribution in [1.82, 2.24) is 0 Å². The van der Waals surface area contributed by atoms with Gasteiger partial charge in [0.05, 0.1) is 27.7 Å². The monoisotopic (exact) mass is 1300 g/mol. The maximum Gasteiger partial charge on any atom is 0.306 e. The number of carbonyl (C=O) groups is 2. The molecule has 0 aromatic rings. The molecule has 0 rings (SSSR count). The van der Waals surface area contributed by atoms with Crippen LogP contribution in [0.5, 0.6) is 0 Å². The predicted octanol–water partition coefficient (Wildman–Crippen LogP) is 25.0. The van der Waals surface area contributed by atoms with Gasteiger partial charge < -0.3 is 27.9 Å².